The van der Waals surface area contributed by atoms with Crippen LogP contribution in [0.2, 0.25) is 0 Å². The first-order valence-corrected chi connectivity index (χ1v) is 29.6. The van der Waals surface area contributed by atoms with Crippen molar-refractivity contribution < 1.29 is 138 Å². The minimum absolute atomic E-state index is 0.0423. The Bertz CT molecular complexity index is 2970. The van der Waals surface area contributed by atoms with Gasteiger partial charge in [-0.15, -0.1) is 0 Å². The third-order valence-electron chi connectivity index (χ3n) is 14.4. The molecule has 94 heavy (non-hydrogen) atoms. The molecule has 0 radical (unpaired) electrons. The second-order valence-corrected chi connectivity index (χ2v) is 21.8. The van der Waals surface area contributed by atoms with Gasteiger partial charge in [0, 0.05) is 48.1 Å². The number of carbonyl (C=O) groups excluding carboxylic acids is 9. The van der Waals surface area contributed by atoms with Gasteiger partial charge in [0.15, 0.2) is 31.4 Å². The molecule has 0 aliphatic carbocycles. The van der Waals surface area contributed by atoms with E-state index in [0.717, 1.165) is 48.7 Å². The highest BCUT2D eigenvalue weighted by Crippen LogP contribution is 2.41. The summed E-state index contributed by atoms with van der Waals surface area (Å²) in [6, 6.07) is 22.9. The van der Waals surface area contributed by atoms with E-state index in [1.807, 2.05) is 0 Å². The van der Waals surface area contributed by atoms with Crippen molar-refractivity contribution in [2.24, 2.45) is 0 Å². The summed E-state index contributed by atoms with van der Waals surface area (Å²) < 4.78 is 130. The highest BCUT2D eigenvalue weighted by molar-refractivity contribution is 5.82. The summed E-state index contributed by atoms with van der Waals surface area (Å²) in [5.41, 5.74) is 1.93. The molecule has 5 N–H and O–H groups in total. The van der Waals surface area contributed by atoms with Crippen LogP contribution in [-0.4, -0.2) is 214 Å². The number of hydrogen-bond acceptors (Lipinski definition) is 26. The Morgan fingerprint density at radius 1 is 0.638 bits per heavy atom. The van der Waals surface area contributed by atoms with Gasteiger partial charge in [-0.3, -0.25) is 38.4 Å². The number of hydrogen-bond donors (Lipinski definition) is 5. The van der Waals surface area contributed by atoms with Crippen LogP contribution in [0.4, 0.5) is 13.2 Å². The van der Waals surface area contributed by atoms with E-state index in [9.17, 15) is 66.5 Å². The number of aliphatic hydroxyl groups is 2. The summed E-state index contributed by atoms with van der Waals surface area (Å²) in [5, 5.41) is 32.5. The molecule has 3 aromatic rings. The predicted octanol–water partition coefficient (Wildman–Crippen LogP) is 1.60. The van der Waals surface area contributed by atoms with Gasteiger partial charge in [-0.25, -0.2) is 4.79 Å². The lowest BCUT2D eigenvalue weighted by Gasteiger charge is -2.52. The number of carbonyl (C=O) groups is 9. The van der Waals surface area contributed by atoms with Gasteiger partial charge in [0.2, 0.25) is 5.91 Å². The molecule has 3 saturated heterocycles. The summed E-state index contributed by atoms with van der Waals surface area (Å²) in [7, 11) is 0.863. The van der Waals surface area contributed by atoms with Crippen molar-refractivity contribution in [3.05, 3.63) is 108 Å². The molecule has 518 valence electrons. The smallest absolute Gasteiger partial charge is 0.465 e. The van der Waals surface area contributed by atoms with Crippen molar-refractivity contribution in [3.63, 3.8) is 0 Å². The fraction of sp³-hybridized carbons (Fsp3) is 0.565. The van der Waals surface area contributed by atoms with E-state index in [1.165, 1.54) is 0 Å². The molecule has 0 saturated carbocycles. The molecule has 0 unspecified atom stereocenters. The molecule has 6 rings (SSSR count). The first-order chi connectivity index (χ1) is 44.7. The average Bonchev–Trinajstić information content (AvgIpc) is 0.750. The summed E-state index contributed by atoms with van der Waals surface area (Å²) >= 11 is 0. The summed E-state index contributed by atoms with van der Waals surface area (Å²) in [6.45, 7) is 1.85. The second kappa shape index (κ2) is 36.2. The van der Waals surface area contributed by atoms with Crippen LogP contribution in [0.5, 0.6) is 0 Å². The lowest BCUT2D eigenvalue weighted by atomic mass is 9.87. The van der Waals surface area contributed by atoms with E-state index >= 15 is 0 Å². The summed E-state index contributed by atoms with van der Waals surface area (Å²) in [6.07, 6.45) is -30.9. The first kappa shape index (κ1) is 75.3. The highest BCUT2D eigenvalue weighted by atomic mass is 19.4. The van der Waals surface area contributed by atoms with Crippen LogP contribution < -0.4 is 16.0 Å². The molecule has 3 aliphatic heterocycles. The number of benzene rings is 3. The number of alkyl halides is 3. The van der Waals surface area contributed by atoms with Crippen LogP contribution in [0.3, 0.4) is 0 Å². The quantitative estimate of drug-likeness (QED) is 0.0337. The SMILES string of the molecule is COC(=O)[C@@]1(O[C@H]2[C@@H](O)[C@@H](COCc3ccccc3)O[C@@H](O[C@H]3[C@H](OCc4ccccc4)[C@@H](NC(C)=O)[C@H](OCCCNC(=O)C(F)(F)F)O[C@@H]3COCc3ccccc3)[C@@H]2O)C[C@H](OC(C)=O)[C@@H](NC(=O)COC(C)=O)[C@H]([C@H](OC(C)=O)[C@@H](COC(C)=O)OC(C)=O)O1. The fourth-order valence-electron chi connectivity index (χ4n) is 10.4. The van der Waals surface area contributed by atoms with E-state index in [2.05, 4.69) is 10.6 Å². The molecule has 29 nitrogen and oxygen atoms in total. The van der Waals surface area contributed by atoms with Gasteiger partial charge >= 0.3 is 47.9 Å². The monoisotopic (exact) mass is 1340 g/mol. The molecule has 0 bridgehead atoms. The second-order valence-electron chi connectivity index (χ2n) is 21.8. The zero-order chi connectivity index (χ0) is 68.7. The average molecular weight is 1340 g/mol. The number of rotatable bonds is 32. The minimum Gasteiger partial charge on any atom is -0.465 e. The zero-order valence-corrected chi connectivity index (χ0v) is 52.4. The molecule has 3 aliphatic rings. The number of amides is 3. The molecule has 3 aromatic carbocycles. The van der Waals surface area contributed by atoms with Crippen molar-refractivity contribution in [1.29, 1.82) is 0 Å². The zero-order valence-electron chi connectivity index (χ0n) is 52.4. The molecular formula is C62H78F3N3O26. The number of halogens is 3. The Morgan fingerprint density at radius 3 is 1.73 bits per heavy atom. The molecular weight excluding hydrogens is 1260 g/mol. The van der Waals surface area contributed by atoms with E-state index in [4.69, 9.17) is 71.1 Å². The fourth-order valence-corrected chi connectivity index (χ4v) is 10.4. The lowest BCUT2D eigenvalue weighted by molar-refractivity contribution is -0.385. The largest absolute Gasteiger partial charge is 0.471 e. The van der Waals surface area contributed by atoms with Crippen LogP contribution in [0, 0.1) is 0 Å². The molecule has 3 amide bonds. The van der Waals surface area contributed by atoms with Gasteiger partial charge < -0.3 is 97.2 Å². The van der Waals surface area contributed by atoms with Crippen molar-refractivity contribution >= 4 is 53.5 Å². The molecule has 3 fully saturated rings. The van der Waals surface area contributed by atoms with Crippen molar-refractivity contribution in [1.82, 2.24) is 16.0 Å². The topological polar surface area (TPSA) is 369 Å². The Kier molecular flexibility index (Phi) is 29.0. The number of esters is 6. The minimum atomic E-state index is -5.17. The molecule has 0 spiro atoms. The first-order valence-electron chi connectivity index (χ1n) is 29.6. The standard InChI is InChI=1S/C62H78F3N3O26/c1-34(69)67-49-54(86-29-42-22-15-10-16-23-42)52(45(31-82-28-41-20-13-9-14-21-41)91-57(49)83-25-17-24-66-59(78)62(63,64)65)92-58-51(77)56(50(76)44(90-58)30-81-27-40-18-11-8-12-19-40)94-61(60(79)80-7)26-43(87-37(4)72)48(68-47(75)33-85-36(3)71)55(93-61)53(89-39(6)74)46(88-38(5)73)32-84-35(2)70/h8-16,18-23,43-46,48-58,76-77H,17,24-33H2,1-7H3,(H,66,78)(H,67,69)(H,68,75)/t43-,44+,45+,46+,48+,49+,50-,51+,52+,53+,54+,55+,56-,57+,58-,61-/m0/s1. The molecule has 32 heteroatoms. The van der Waals surface area contributed by atoms with Gasteiger partial charge in [0.25, 0.3) is 11.7 Å². The Hall–Kier alpha value is -7.76. The molecule has 0 aromatic heterocycles. The van der Waals surface area contributed by atoms with Crippen LogP contribution in [-0.2, 0) is 134 Å². The highest BCUT2D eigenvalue weighted by Gasteiger charge is 2.63. The van der Waals surface area contributed by atoms with E-state index in [0.29, 0.717) is 16.7 Å². The van der Waals surface area contributed by atoms with Crippen molar-refractivity contribution in [2.45, 2.75) is 178 Å². The van der Waals surface area contributed by atoms with Gasteiger partial charge in [0.1, 0.15) is 67.6 Å². The maximum atomic E-state index is 14.9. The maximum Gasteiger partial charge on any atom is 0.471 e. The third kappa shape index (κ3) is 22.7. The van der Waals surface area contributed by atoms with Crippen molar-refractivity contribution in [3.8, 4) is 0 Å². The van der Waals surface area contributed by atoms with Crippen LogP contribution in [0.25, 0.3) is 0 Å². The Balaban J connectivity index is 1.50. The van der Waals surface area contributed by atoms with E-state index in [1.54, 1.807) is 96.3 Å². The Labute approximate surface area is 537 Å². The molecule has 3 heterocycles. The van der Waals surface area contributed by atoms with Gasteiger partial charge in [-0.2, -0.15) is 13.2 Å². The Morgan fingerprint density at radius 2 is 1.20 bits per heavy atom. The van der Waals surface area contributed by atoms with Gasteiger partial charge in [-0.1, -0.05) is 91.0 Å². The van der Waals surface area contributed by atoms with Crippen LogP contribution in [0.1, 0.15) is 71.1 Å². The van der Waals surface area contributed by atoms with Crippen LogP contribution in [0.15, 0.2) is 91.0 Å². The van der Waals surface area contributed by atoms with Crippen LogP contribution >= 0.6 is 0 Å². The van der Waals surface area contributed by atoms with Crippen molar-refractivity contribution in [2.75, 3.05) is 46.7 Å². The molecule has 16 atom stereocenters. The maximum absolute atomic E-state index is 14.9. The van der Waals surface area contributed by atoms with Gasteiger partial charge in [-0.05, 0) is 23.1 Å². The predicted molar refractivity (Wildman–Crippen MR) is 310 cm³/mol. The summed E-state index contributed by atoms with van der Waals surface area (Å²) in [4.78, 5) is 117. The normalized spacial score (nSPS) is 26.6. The lowest BCUT2D eigenvalue weighted by Crippen LogP contribution is -2.72. The number of ether oxygens (including phenoxy) is 15. The van der Waals surface area contributed by atoms with Gasteiger partial charge in [0.05, 0.1) is 59.2 Å². The van der Waals surface area contributed by atoms with E-state index in [-0.39, 0.29) is 32.8 Å². The number of aliphatic hydroxyl groups excluding tert-OH is 2. The number of methoxy groups -OCH3 is 1. The third-order valence-corrected chi connectivity index (χ3v) is 14.4. The summed E-state index contributed by atoms with van der Waals surface area (Å²) in [5.74, 6) is -13.7. The van der Waals surface area contributed by atoms with E-state index < -0.39 is 197 Å². The number of nitrogens with one attached hydrogen (secondary N) is 3.